The number of methoxy groups -OCH3 is 1. The molecule has 0 spiro atoms. The first-order valence-electron chi connectivity index (χ1n) is 7.64. The van der Waals surface area contributed by atoms with Crippen LogP contribution in [0.5, 0.6) is 0 Å². The largest absolute Gasteiger partial charge is 0.379 e. The highest BCUT2D eigenvalue weighted by Gasteiger charge is 2.25. The molecular weight excluding hydrogens is 298 g/mol. The van der Waals surface area contributed by atoms with Gasteiger partial charge < -0.3 is 20.3 Å². The average molecular weight is 325 g/mol. The number of hydrogen-bond acceptors (Lipinski definition) is 5. The molecule has 124 valence electrons. The molecule has 22 heavy (non-hydrogen) atoms. The van der Waals surface area contributed by atoms with E-state index < -0.39 is 0 Å². The third kappa shape index (κ3) is 4.33. The number of nitrogens with two attached hydrogens (primary N) is 1. The van der Waals surface area contributed by atoms with E-state index in [0.29, 0.717) is 12.5 Å². The molecule has 2 N–H and O–H groups in total. The van der Waals surface area contributed by atoms with E-state index in [1.165, 1.54) is 0 Å². The number of piperazine rings is 1. The quantitative estimate of drug-likeness (QED) is 0.673. The molecule has 1 saturated heterocycles. The highest BCUT2D eigenvalue weighted by atomic mass is 32.1. The van der Waals surface area contributed by atoms with E-state index >= 15 is 0 Å². The predicted octanol–water partition coefficient (Wildman–Crippen LogP) is 1.64. The molecular formula is C15H27N5OS. The van der Waals surface area contributed by atoms with Gasteiger partial charge in [0.05, 0.1) is 12.6 Å². The number of rotatable bonds is 4. The Kier molecular flexibility index (Phi) is 5.63. The highest BCUT2D eigenvalue weighted by Crippen LogP contribution is 2.22. The van der Waals surface area contributed by atoms with Gasteiger partial charge in [-0.3, -0.25) is 4.99 Å². The number of guanidine groups is 1. The van der Waals surface area contributed by atoms with Crippen LogP contribution >= 0.6 is 11.3 Å². The van der Waals surface area contributed by atoms with E-state index in [9.17, 15) is 0 Å². The molecule has 6 nitrogen and oxygen atoms in total. The minimum atomic E-state index is 0.0576. The smallest absolute Gasteiger partial charge is 0.191 e. The first-order chi connectivity index (χ1) is 10.4. The van der Waals surface area contributed by atoms with Crippen LogP contribution in [0.15, 0.2) is 16.6 Å². The van der Waals surface area contributed by atoms with Crippen molar-refractivity contribution in [1.82, 2.24) is 9.88 Å². The Bertz CT molecular complexity index is 475. The lowest BCUT2D eigenvalue weighted by molar-refractivity contribution is 0.0240. The van der Waals surface area contributed by atoms with Crippen LogP contribution in [0.2, 0.25) is 0 Å². The Morgan fingerprint density at radius 3 is 2.59 bits per heavy atom. The van der Waals surface area contributed by atoms with Crippen LogP contribution in [0.25, 0.3) is 0 Å². The Labute approximate surface area is 137 Å². The maximum absolute atomic E-state index is 6.15. The number of ether oxygens (including phenoxy) is 1. The zero-order chi connectivity index (χ0) is 16.2. The molecule has 2 heterocycles. The van der Waals surface area contributed by atoms with Crippen LogP contribution in [0.3, 0.4) is 0 Å². The monoisotopic (exact) mass is 325 g/mol. The minimum absolute atomic E-state index is 0.0576. The Balaban J connectivity index is 1.86. The summed E-state index contributed by atoms with van der Waals surface area (Å²) in [4.78, 5) is 13.3. The summed E-state index contributed by atoms with van der Waals surface area (Å²) in [5.74, 6) is 0.616. The van der Waals surface area contributed by atoms with E-state index in [1.54, 1.807) is 18.4 Å². The van der Waals surface area contributed by atoms with Gasteiger partial charge in [0.15, 0.2) is 11.1 Å². The molecule has 1 unspecified atom stereocenters. The van der Waals surface area contributed by atoms with Gasteiger partial charge in [-0.05, 0) is 5.41 Å². The lowest BCUT2D eigenvalue weighted by Crippen LogP contribution is -2.51. The molecule has 0 aliphatic carbocycles. The SMILES string of the molecule is COC(CN=C(N)N1CCN(c2nccs2)CC1)C(C)(C)C. The molecule has 0 radical (unpaired) electrons. The number of aliphatic imine (C=N–C) groups is 1. The minimum Gasteiger partial charge on any atom is -0.379 e. The van der Waals surface area contributed by atoms with Crippen molar-refractivity contribution in [3.05, 3.63) is 11.6 Å². The summed E-state index contributed by atoms with van der Waals surface area (Å²) in [5.41, 5.74) is 6.21. The molecule has 0 aromatic carbocycles. The topological polar surface area (TPSA) is 67.0 Å². The van der Waals surface area contributed by atoms with Gasteiger partial charge in [-0.25, -0.2) is 4.98 Å². The summed E-state index contributed by atoms with van der Waals surface area (Å²) in [6.07, 6.45) is 1.92. The number of thiazole rings is 1. The van der Waals surface area contributed by atoms with Crippen molar-refractivity contribution in [3.8, 4) is 0 Å². The van der Waals surface area contributed by atoms with Crippen molar-refractivity contribution in [3.63, 3.8) is 0 Å². The average Bonchev–Trinajstić information content (AvgIpc) is 3.00. The highest BCUT2D eigenvalue weighted by molar-refractivity contribution is 7.13. The first kappa shape index (κ1) is 17.0. The molecule has 0 amide bonds. The summed E-state index contributed by atoms with van der Waals surface area (Å²) in [6, 6.07) is 0. The van der Waals surface area contributed by atoms with Crippen molar-refractivity contribution < 1.29 is 4.74 Å². The third-order valence-electron chi connectivity index (χ3n) is 3.96. The molecule has 1 fully saturated rings. The fraction of sp³-hybridized carbons (Fsp3) is 0.733. The molecule has 2 rings (SSSR count). The van der Waals surface area contributed by atoms with E-state index in [0.717, 1.165) is 31.3 Å². The second kappa shape index (κ2) is 7.28. The molecule has 0 bridgehead atoms. The van der Waals surface area contributed by atoms with E-state index in [-0.39, 0.29) is 11.5 Å². The van der Waals surface area contributed by atoms with Crippen molar-refractivity contribution in [1.29, 1.82) is 0 Å². The first-order valence-corrected chi connectivity index (χ1v) is 8.52. The standard InChI is InChI=1S/C15H27N5OS/c1-15(2,3)12(21-4)11-18-13(16)19-6-8-20(9-7-19)14-17-5-10-22-14/h5,10,12H,6-9,11H2,1-4H3,(H2,16,18). The summed E-state index contributed by atoms with van der Waals surface area (Å²) in [5, 5.41) is 3.09. The summed E-state index contributed by atoms with van der Waals surface area (Å²) in [6.45, 7) is 10.7. The van der Waals surface area contributed by atoms with Crippen LogP contribution in [0.1, 0.15) is 20.8 Å². The number of nitrogens with zero attached hydrogens (tertiary/aromatic N) is 4. The lowest BCUT2D eigenvalue weighted by Gasteiger charge is -2.35. The maximum atomic E-state index is 6.15. The van der Waals surface area contributed by atoms with Crippen molar-refractivity contribution in [2.45, 2.75) is 26.9 Å². The van der Waals surface area contributed by atoms with Crippen LogP contribution in [0, 0.1) is 5.41 Å². The third-order valence-corrected chi connectivity index (χ3v) is 4.80. The Morgan fingerprint density at radius 1 is 1.41 bits per heavy atom. The van der Waals surface area contributed by atoms with Crippen LogP contribution in [-0.4, -0.2) is 61.8 Å². The van der Waals surface area contributed by atoms with Crippen LogP contribution < -0.4 is 10.6 Å². The van der Waals surface area contributed by atoms with Crippen LogP contribution in [0.4, 0.5) is 5.13 Å². The molecule has 1 atom stereocenters. The zero-order valence-corrected chi connectivity index (χ0v) is 14.8. The molecule has 1 aromatic rings. The van der Waals surface area contributed by atoms with Gasteiger partial charge in [0.2, 0.25) is 0 Å². The maximum Gasteiger partial charge on any atom is 0.191 e. The molecule has 0 saturated carbocycles. The normalized spacial score (nSPS) is 18.6. The van der Waals surface area contributed by atoms with Gasteiger partial charge in [0, 0.05) is 44.9 Å². The van der Waals surface area contributed by atoms with E-state index in [2.05, 4.69) is 40.5 Å². The summed E-state index contributed by atoms with van der Waals surface area (Å²) < 4.78 is 5.52. The van der Waals surface area contributed by atoms with Gasteiger partial charge in [0.1, 0.15) is 0 Å². The van der Waals surface area contributed by atoms with Crippen LogP contribution in [-0.2, 0) is 4.74 Å². The van der Waals surface area contributed by atoms with Crippen molar-refractivity contribution >= 4 is 22.4 Å². The molecule has 1 aliphatic rings. The van der Waals surface area contributed by atoms with Gasteiger partial charge in [0.25, 0.3) is 0 Å². The number of anilines is 1. The predicted molar refractivity (Wildman–Crippen MR) is 92.6 cm³/mol. The lowest BCUT2D eigenvalue weighted by atomic mass is 9.89. The van der Waals surface area contributed by atoms with Gasteiger partial charge in [-0.2, -0.15) is 0 Å². The second-order valence-electron chi connectivity index (χ2n) is 6.58. The number of hydrogen-bond donors (Lipinski definition) is 1. The van der Waals surface area contributed by atoms with Gasteiger partial charge in [-0.15, -0.1) is 11.3 Å². The molecule has 1 aromatic heterocycles. The summed E-state index contributed by atoms with van der Waals surface area (Å²) >= 11 is 1.68. The molecule has 7 heteroatoms. The van der Waals surface area contributed by atoms with Gasteiger partial charge >= 0.3 is 0 Å². The fourth-order valence-corrected chi connectivity index (χ4v) is 3.17. The fourth-order valence-electron chi connectivity index (χ4n) is 2.48. The number of aromatic nitrogens is 1. The Morgan fingerprint density at radius 2 is 2.09 bits per heavy atom. The van der Waals surface area contributed by atoms with E-state index in [1.807, 2.05) is 11.6 Å². The van der Waals surface area contributed by atoms with Gasteiger partial charge in [-0.1, -0.05) is 20.8 Å². The second-order valence-corrected chi connectivity index (χ2v) is 7.45. The summed E-state index contributed by atoms with van der Waals surface area (Å²) in [7, 11) is 1.73. The Hall–Kier alpha value is -1.34. The zero-order valence-electron chi connectivity index (χ0n) is 14.0. The van der Waals surface area contributed by atoms with Crippen molar-refractivity contribution in [2.75, 3.05) is 44.7 Å². The van der Waals surface area contributed by atoms with E-state index in [4.69, 9.17) is 10.5 Å². The van der Waals surface area contributed by atoms with Crippen molar-refractivity contribution in [2.24, 2.45) is 16.1 Å². The molecule has 1 aliphatic heterocycles.